The van der Waals surface area contributed by atoms with Crippen molar-refractivity contribution in [2.24, 2.45) is 5.10 Å². The maximum atomic E-state index is 11.5. The number of carbonyl (C=O) groups excluding carboxylic acids is 1. The molecule has 0 aliphatic carbocycles. The monoisotopic (exact) mass is 282 g/mol. The fraction of sp³-hybridized carbons (Fsp3) is 0.429. The van der Waals surface area contributed by atoms with Gasteiger partial charge in [-0.25, -0.2) is 5.43 Å². The number of hydrazone groups is 1. The summed E-state index contributed by atoms with van der Waals surface area (Å²) >= 11 is 5.91. The van der Waals surface area contributed by atoms with Crippen LogP contribution in [-0.4, -0.2) is 18.2 Å². The van der Waals surface area contributed by atoms with Crippen molar-refractivity contribution in [3.8, 4) is 5.75 Å². The van der Waals surface area contributed by atoms with E-state index in [4.69, 9.17) is 16.3 Å². The van der Waals surface area contributed by atoms with Crippen LogP contribution in [0.3, 0.4) is 0 Å². The molecule has 0 aliphatic rings. The Kier molecular flexibility index (Phi) is 6.36. The molecule has 1 amide bonds. The number of hydrogen-bond acceptors (Lipinski definition) is 3. The van der Waals surface area contributed by atoms with Gasteiger partial charge in [-0.2, -0.15) is 5.10 Å². The molecule has 0 unspecified atom stereocenters. The number of nitrogens with zero attached hydrogens (tertiary/aromatic N) is 1. The summed E-state index contributed by atoms with van der Waals surface area (Å²) in [6.07, 6.45) is 1.65. The third-order valence-corrected chi connectivity index (χ3v) is 3.08. The topological polar surface area (TPSA) is 50.7 Å². The van der Waals surface area contributed by atoms with Gasteiger partial charge in [-0.1, -0.05) is 25.4 Å². The summed E-state index contributed by atoms with van der Waals surface area (Å²) in [4.78, 5) is 11.5. The summed E-state index contributed by atoms with van der Waals surface area (Å²) in [5, 5.41) is 4.70. The standard InChI is InChI=1S/C14H19ClN2O2/c1-4-11(5-2)16-17-14(18)9-19-12-6-7-13(15)10(3)8-12/h6-8H,4-5,9H2,1-3H3,(H,17,18). The zero-order valence-electron chi connectivity index (χ0n) is 11.5. The van der Waals surface area contributed by atoms with Gasteiger partial charge in [0.2, 0.25) is 0 Å². The summed E-state index contributed by atoms with van der Waals surface area (Å²) in [6, 6.07) is 5.27. The molecular formula is C14H19ClN2O2. The summed E-state index contributed by atoms with van der Waals surface area (Å²) in [7, 11) is 0. The highest BCUT2D eigenvalue weighted by atomic mass is 35.5. The Bertz CT molecular complexity index is 467. The Hall–Kier alpha value is -1.55. The summed E-state index contributed by atoms with van der Waals surface area (Å²) < 4.78 is 5.36. The van der Waals surface area contributed by atoms with E-state index in [1.165, 1.54) is 0 Å². The molecule has 1 rings (SSSR count). The Morgan fingerprint density at radius 3 is 2.63 bits per heavy atom. The lowest BCUT2D eigenvalue weighted by Gasteiger charge is -2.07. The van der Waals surface area contributed by atoms with Gasteiger partial charge in [0, 0.05) is 10.7 Å². The number of halogens is 1. The van der Waals surface area contributed by atoms with Crippen LogP contribution in [-0.2, 0) is 4.79 Å². The van der Waals surface area contributed by atoms with E-state index in [1.54, 1.807) is 18.2 Å². The molecule has 0 spiro atoms. The van der Waals surface area contributed by atoms with Gasteiger partial charge in [-0.3, -0.25) is 4.79 Å². The van der Waals surface area contributed by atoms with Crippen LogP contribution in [0.4, 0.5) is 0 Å². The molecule has 0 atom stereocenters. The first-order chi connectivity index (χ1) is 9.06. The lowest BCUT2D eigenvalue weighted by atomic mass is 10.2. The Morgan fingerprint density at radius 2 is 2.05 bits per heavy atom. The van der Waals surface area contributed by atoms with Gasteiger partial charge in [0.1, 0.15) is 5.75 Å². The largest absolute Gasteiger partial charge is 0.484 e. The lowest BCUT2D eigenvalue weighted by Crippen LogP contribution is -2.25. The number of carbonyl (C=O) groups is 1. The lowest BCUT2D eigenvalue weighted by molar-refractivity contribution is -0.123. The van der Waals surface area contributed by atoms with Crippen LogP contribution in [0.1, 0.15) is 32.3 Å². The van der Waals surface area contributed by atoms with Crippen LogP contribution >= 0.6 is 11.6 Å². The van der Waals surface area contributed by atoms with Crippen LogP contribution in [0.15, 0.2) is 23.3 Å². The van der Waals surface area contributed by atoms with Crippen LogP contribution in [0.2, 0.25) is 5.02 Å². The molecule has 0 fully saturated rings. The predicted molar refractivity (Wildman–Crippen MR) is 77.8 cm³/mol. The molecule has 0 bridgehead atoms. The average molecular weight is 283 g/mol. The molecule has 0 heterocycles. The summed E-state index contributed by atoms with van der Waals surface area (Å²) in [5.74, 6) is 0.347. The third-order valence-electron chi connectivity index (χ3n) is 2.65. The first kappa shape index (κ1) is 15.5. The van der Waals surface area contributed by atoms with Crippen molar-refractivity contribution in [2.45, 2.75) is 33.6 Å². The maximum Gasteiger partial charge on any atom is 0.277 e. The van der Waals surface area contributed by atoms with E-state index in [1.807, 2.05) is 20.8 Å². The second-order valence-electron chi connectivity index (χ2n) is 4.12. The van der Waals surface area contributed by atoms with Crippen molar-refractivity contribution >= 4 is 23.2 Å². The Balaban J connectivity index is 2.46. The smallest absolute Gasteiger partial charge is 0.277 e. The van der Waals surface area contributed by atoms with E-state index in [0.29, 0.717) is 10.8 Å². The van der Waals surface area contributed by atoms with E-state index < -0.39 is 0 Å². The molecule has 5 heteroatoms. The first-order valence-electron chi connectivity index (χ1n) is 6.30. The van der Waals surface area contributed by atoms with Gasteiger partial charge in [-0.15, -0.1) is 0 Å². The van der Waals surface area contributed by atoms with E-state index in [0.717, 1.165) is 24.1 Å². The van der Waals surface area contributed by atoms with Crippen molar-refractivity contribution in [1.82, 2.24) is 5.43 Å². The second kappa shape index (κ2) is 7.79. The molecule has 0 aromatic heterocycles. The number of nitrogens with one attached hydrogen (secondary N) is 1. The number of ether oxygens (including phenoxy) is 1. The van der Waals surface area contributed by atoms with E-state index in [-0.39, 0.29) is 12.5 Å². The number of rotatable bonds is 6. The van der Waals surface area contributed by atoms with Gasteiger partial charge in [0.05, 0.1) is 0 Å². The van der Waals surface area contributed by atoms with E-state index in [9.17, 15) is 4.79 Å². The van der Waals surface area contributed by atoms with Crippen LogP contribution < -0.4 is 10.2 Å². The maximum absolute atomic E-state index is 11.5. The molecule has 0 saturated carbocycles. The summed E-state index contributed by atoms with van der Waals surface area (Å²) in [6.45, 7) is 5.82. The molecular weight excluding hydrogens is 264 g/mol. The fourth-order valence-electron chi connectivity index (χ4n) is 1.44. The Morgan fingerprint density at radius 1 is 1.37 bits per heavy atom. The normalized spacial score (nSPS) is 9.89. The Labute approximate surface area is 118 Å². The average Bonchev–Trinajstić information content (AvgIpc) is 2.41. The van der Waals surface area contributed by atoms with Crippen molar-refractivity contribution in [3.05, 3.63) is 28.8 Å². The van der Waals surface area contributed by atoms with Crippen molar-refractivity contribution in [1.29, 1.82) is 0 Å². The third kappa shape index (κ3) is 5.30. The fourth-order valence-corrected chi connectivity index (χ4v) is 1.56. The van der Waals surface area contributed by atoms with Gasteiger partial charge >= 0.3 is 0 Å². The zero-order valence-corrected chi connectivity index (χ0v) is 12.3. The second-order valence-corrected chi connectivity index (χ2v) is 4.53. The molecule has 0 aliphatic heterocycles. The minimum Gasteiger partial charge on any atom is -0.484 e. The summed E-state index contributed by atoms with van der Waals surface area (Å²) in [5.41, 5.74) is 4.35. The van der Waals surface area contributed by atoms with Crippen molar-refractivity contribution in [2.75, 3.05) is 6.61 Å². The first-order valence-corrected chi connectivity index (χ1v) is 6.67. The number of benzene rings is 1. The van der Waals surface area contributed by atoms with Crippen molar-refractivity contribution < 1.29 is 9.53 Å². The quantitative estimate of drug-likeness (QED) is 0.643. The highest BCUT2D eigenvalue weighted by molar-refractivity contribution is 6.31. The van der Waals surface area contributed by atoms with Crippen molar-refractivity contribution in [3.63, 3.8) is 0 Å². The van der Waals surface area contributed by atoms with Crippen LogP contribution in [0, 0.1) is 6.92 Å². The van der Waals surface area contributed by atoms with Gasteiger partial charge in [-0.05, 0) is 43.5 Å². The number of aryl methyl sites for hydroxylation is 1. The molecule has 0 radical (unpaired) electrons. The predicted octanol–water partition coefficient (Wildman–Crippen LogP) is 3.32. The number of hydrogen-bond donors (Lipinski definition) is 1. The minimum atomic E-state index is -0.271. The minimum absolute atomic E-state index is 0.0642. The SMILES string of the molecule is CCC(CC)=NNC(=O)COc1ccc(Cl)c(C)c1. The molecule has 1 N–H and O–H groups in total. The highest BCUT2D eigenvalue weighted by Gasteiger charge is 2.03. The molecule has 0 saturated heterocycles. The molecule has 4 nitrogen and oxygen atoms in total. The van der Waals surface area contributed by atoms with E-state index in [2.05, 4.69) is 10.5 Å². The van der Waals surface area contributed by atoms with Crippen LogP contribution in [0.25, 0.3) is 0 Å². The number of amides is 1. The zero-order chi connectivity index (χ0) is 14.3. The van der Waals surface area contributed by atoms with E-state index >= 15 is 0 Å². The molecule has 104 valence electrons. The molecule has 19 heavy (non-hydrogen) atoms. The van der Waals surface area contributed by atoms with Gasteiger partial charge in [0.25, 0.3) is 5.91 Å². The van der Waals surface area contributed by atoms with Gasteiger partial charge in [0.15, 0.2) is 6.61 Å². The molecule has 1 aromatic rings. The molecule has 1 aromatic carbocycles. The van der Waals surface area contributed by atoms with Gasteiger partial charge < -0.3 is 4.74 Å². The van der Waals surface area contributed by atoms with Crippen LogP contribution in [0.5, 0.6) is 5.75 Å². The highest BCUT2D eigenvalue weighted by Crippen LogP contribution is 2.20.